The second kappa shape index (κ2) is 12.0. The van der Waals surface area contributed by atoms with Gasteiger partial charge in [0.1, 0.15) is 17.6 Å². The molecule has 9 nitrogen and oxygen atoms in total. The molecule has 42 heavy (non-hydrogen) atoms. The molecule has 1 amide bonds. The smallest absolute Gasteiger partial charge is 0.268 e. The van der Waals surface area contributed by atoms with Crippen molar-refractivity contribution in [1.82, 2.24) is 24.8 Å². The van der Waals surface area contributed by atoms with Crippen LogP contribution in [-0.2, 0) is 4.79 Å². The average molecular weight is 578 g/mol. The molecule has 3 aromatic rings. The fourth-order valence-electron chi connectivity index (χ4n) is 5.77. The summed E-state index contributed by atoms with van der Waals surface area (Å²) in [7, 11) is 0. The van der Waals surface area contributed by atoms with Crippen LogP contribution in [-0.4, -0.2) is 70.7 Å². The maximum atomic E-state index is 14.2. The molecule has 2 aliphatic heterocycles. The van der Waals surface area contributed by atoms with Crippen LogP contribution in [0.3, 0.4) is 0 Å². The summed E-state index contributed by atoms with van der Waals surface area (Å²) in [6.45, 7) is 8.03. The topological polar surface area (TPSA) is 98.8 Å². The van der Waals surface area contributed by atoms with E-state index in [9.17, 15) is 18.8 Å². The van der Waals surface area contributed by atoms with E-state index in [1.165, 1.54) is 12.3 Å². The number of fused-ring (bicyclic) bond motifs is 1. The number of amides is 1. The molecule has 1 fully saturated rings. The van der Waals surface area contributed by atoms with Crippen LogP contribution < -0.4 is 15.0 Å². The van der Waals surface area contributed by atoms with Crippen LogP contribution in [0.15, 0.2) is 49.1 Å². The van der Waals surface area contributed by atoms with Gasteiger partial charge < -0.3 is 19.9 Å². The van der Waals surface area contributed by atoms with Gasteiger partial charge >= 0.3 is 0 Å². The van der Waals surface area contributed by atoms with E-state index in [-0.39, 0.29) is 31.3 Å². The second-order valence-electron chi connectivity index (χ2n) is 11.6. The normalized spacial score (nSPS) is 17.8. The number of hydrogen-bond acceptors (Lipinski definition) is 7. The van der Waals surface area contributed by atoms with E-state index in [0.717, 1.165) is 16.9 Å². The van der Waals surface area contributed by atoms with Crippen molar-refractivity contribution in [3.63, 3.8) is 0 Å². The number of aromatic nitrogens is 3. The Labute approximate surface area is 244 Å². The van der Waals surface area contributed by atoms with E-state index in [4.69, 9.17) is 9.72 Å². The van der Waals surface area contributed by atoms with Gasteiger partial charge in [-0.2, -0.15) is 10.4 Å². The Bertz CT molecular complexity index is 1490. The molecule has 0 aromatic carbocycles. The number of nitrogens with one attached hydrogen (secondary N) is 1. The van der Waals surface area contributed by atoms with Gasteiger partial charge in [-0.25, -0.2) is 18.3 Å². The van der Waals surface area contributed by atoms with Gasteiger partial charge in [-0.15, -0.1) is 0 Å². The van der Waals surface area contributed by atoms with Gasteiger partial charge in [0.05, 0.1) is 42.0 Å². The van der Waals surface area contributed by atoms with Gasteiger partial charge in [-0.3, -0.25) is 4.79 Å². The Balaban J connectivity index is 1.35. The molecule has 0 spiro atoms. The number of halogens is 2. The number of anilines is 1. The fraction of sp³-hybridized carbons (Fsp3) is 0.484. The van der Waals surface area contributed by atoms with E-state index in [2.05, 4.69) is 21.4 Å². The Hall–Kier alpha value is -4.20. The van der Waals surface area contributed by atoms with E-state index in [0.29, 0.717) is 55.9 Å². The predicted octanol–water partition coefficient (Wildman–Crippen LogP) is 4.88. The zero-order chi connectivity index (χ0) is 29.9. The van der Waals surface area contributed by atoms with Crippen molar-refractivity contribution in [2.75, 3.05) is 44.2 Å². The molecule has 0 atom stereocenters. The van der Waals surface area contributed by atoms with Crippen molar-refractivity contribution >= 4 is 17.2 Å². The summed E-state index contributed by atoms with van der Waals surface area (Å²) in [6.07, 6.45) is 9.03. The summed E-state index contributed by atoms with van der Waals surface area (Å²) in [5.74, 6) is -1.18. The molecule has 2 aliphatic rings. The zero-order valence-electron chi connectivity index (χ0n) is 24.3. The van der Waals surface area contributed by atoms with Crippen LogP contribution in [0.25, 0.3) is 16.6 Å². The monoisotopic (exact) mass is 577 g/mol. The van der Waals surface area contributed by atoms with Gasteiger partial charge in [0, 0.05) is 49.9 Å². The minimum Gasteiger partial charge on any atom is -0.492 e. The highest BCUT2D eigenvalue weighted by Gasteiger charge is 2.44. The number of carbonyl (C=O) groups is 1. The fourth-order valence-corrected chi connectivity index (χ4v) is 5.77. The molecular weight excluding hydrogens is 540 g/mol. The van der Waals surface area contributed by atoms with Crippen molar-refractivity contribution in [1.29, 1.82) is 5.26 Å². The molecule has 0 aliphatic carbocycles. The van der Waals surface area contributed by atoms with Crippen LogP contribution >= 0.6 is 0 Å². The van der Waals surface area contributed by atoms with Crippen molar-refractivity contribution < 1.29 is 18.3 Å². The maximum absolute atomic E-state index is 14.2. The molecule has 1 N–H and O–H groups in total. The molecule has 5 heterocycles. The molecular formula is C31H37F2N7O2. The minimum absolute atomic E-state index is 0.0752. The summed E-state index contributed by atoms with van der Waals surface area (Å²) < 4.78 is 35.7. The molecule has 1 saturated heterocycles. The van der Waals surface area contributed by atoms with Crippen LogP contribution in [0.1, 0.15) is 45.6 Å². The lowest BCUT2D eigenvalue weighted by molar-refractivity contribution is -0.134. The number of ether oxygens (including phenoxy) is 1. The number of allylic oxidation sites excluding steroid dienone is 1. The van der Waals surface area contributed by atoms with Crippen molar-refractivity contribution in [2.45, 2.75) is 46.0 Å². The van der Waals surface area contributed by atoms with Crippen LogP contribution in [0, 0.1) is 22.7 Å². The molecule has 0 saturated carbocycles. The first-order chi connectivity index (χ1) is 20.1. The van der Waals surface area contributed by atoms with E-state index in [1.54, 1.807) is 28.0 Å². The highest BCUT2D eigenvalue weighted by Crippen LogP contribution is 2.37. The van der Waals surface area contributed by atoms with Gasteiger partial charge in [0.2, 0.25) is 5.91 Å². The summed E-state index contributed by atoms with van der Waals surface area (Å²) in [4.78, 5) is 22.0. The summed E-state index contributed by atoms with van der Waals surface area (Å²) >= 11 is 0. The number of rotatable bonds is 9. The van der Waals surface area contributed by atoms with Gasteiger partial charge in [-0.05, 0) is 50.1 Å². The maximum Gasteiger partial charge on any atom is 0.268 e. The summed E-state index contributed by atoms with van der Waals surface area (Å²) in [5, 5.41) is 17.0. The third-order valence-corrected chi connectivity index (χ3v) is 7.95. The van der Waals surface area contributed by atoms with Crippen LogP contribution in [0.2, 0.25) is 0 Å². The van der Waals surface area contributed by atoms with Crippen molar-refractivity contribution in [3.05, 3.63) is 54.6 Å². The lowest BCUT2D eigenvalue weighted by atomic mass is 9.76. The molecule has 0 unspecified atom stereocenters. The van der Waals surface area contributed by atoms with Crippen LogP contribution in [0.4, 0.5) is 14.6 Å². The number of pyridine rings is 2. The SMILES string of the molecule is CCOc1cc(-c2ccc(N3CCC(CN4C=CCC(F)(F)C4)(C(=O)NCC(C)C)CC3)nc2)c2c(C#N)cnn2c1. The number of carbonyl (C=O) groups excluding carboxylic acids is 1. The number of hydrogen-bond donors (Lipinski definition) is 1. The third-order valence-electron chi connectivity index (χ3n) is 7.95. The second-order valence-corrected chi connectivity index (χ2v) is 11.6. The average Bonchev–Trinajstić information content (AvgIpc) is 3.39. The molecule has 3 aromatic heterocycles. The first-order valence-electron chi connectivity index (χ1n) is 14.5. The van der Waals surface area contributed by atoms with E-state index < -0.39 is 11.3 Å². The Kier molecular flexibility index (Phi) is 8.34. The molecule has 222 valence electrons. The standard InChI is InChI=1S/C31H37F2N7O2/c1-4-42-25-14-26(28-24(15-34)18-37-40(28)19-25)23-6-7-27(35-17-23)39-12-9-30(10-13-39,29(41)36-16-22(2)3)20-38-11-5-8-31(32,33)21-38/h5-7,11,14,17-19,22H,4,8-10,12-13,16,20-21H2,1-3H3,(H,36,41). The Morgan fingerprint density at radius 1 is 1.24 bits per heavy atom. The van der Waals surface area contributed by atoms with Gasteiger partial charge in [0.15, 0.2) is 0 Å². The highest BCUT2D eigenvalue weighted by atomic mass is 19.3. The minimum atomic E-state index is -2.80. The number of nitriles is 1. The summed E-state index contributed by atoms with van der Waals surface area (Å²) in [5.41, 5.74) is 1.98. The molecule has 0 radical (unpaired) electrons. The third kappa shape index (κ3) is 6.17. The lowest BCUT2D eigenvalue weighted by Gasteiger charge is -2.44. The number of nitrogens with zero attached hydrogens (tertiary/aromatic N) is 6. The van der Waals surface area contributed by atoms with E-state index >= 15 is 0 Å². The quantitative estimate of drug-likeness (QED) is 0.387. The first kappa shape index (κ1) is 29.3. The zero-order valence-corrected chi connectivity index (χ0v) is 24.3. The molecule has 0 bridgehead atoms. The van der Waals surface area contributed by atoms with Crippen LogP contribution in [0.5, 0.6) is 5.75 Å². The summed E-state index contributed by atoms with van der Waals surface area (Å²) in [6, 6.07) is 7.99. The Morgan fingerprint density at radius 2 is 2.02 bits per heavy atom. The highest BCUT2D eigenvalue weighted by molar-refractivity contribution is 5.85. The van der Waals surface area contributed by atoms with Gasteiger partial charge in [-0.1, -0.05) is 19.9 Å². The number of piperidine rings is 1. The van der Waals surface area contributed by atoms with Crippen molar-refractivity contribution in [3.8, 4) is 22.9 Å². The largest absolute Gasteiger partial charge is 0.492 e. The lowest BCUT2D eigenvalue weighted by Crippen LogP contribution is -2.55. The van der Waals surface area contributed by atoms with Crippen molar-refractivity contribution in [2.24, 2.45) is 11.3 Å². The van der Waals surface area contributed by atoms with Gasteiger partial charge in [0.25, 0.3) is 5.92 Å². The first-order valence-corrected chi connectivity index (χ1v) is 14.5. The van der Waals surface area contributed by atoms with E-state index in [1.807, 2.05) is 39.0 Å². The number of alkyl halides is 2. The molecule has 11 heteroatoms. The Morgan fingerprint density at radius 3 is 2.67 bits per heavy atom. The molecule has 5 rings (SSSR count). The predicted molar refractivity (Wildman–Crippen MR) is 156 cm³/mol.